The molecule has 166 valence electrons. The van der Waals surface area contributed by atoms with Gasteiger partial charge in [-0.1, -0.05) is 23.9 Å². The molecule has 0 bridgehead atoms. The van der Waals surface area contributed by atoms with Crippen LogP contribution in [-0.4, -0.2) is 51.7 Å². The average Bonchev–Trinajstić information content (AvgIpc) is 3.31. The number of benzene rings is 1. The quantitative estimate of drug-likeness (QED) is 0.338. The molecule has 0 saturated carbocycles. The molecule has 2 heterocycles. The van der Waals surface area contributed by atoms with E-state index in [1.54, 1.807) is 14.2 Å². The number of aryl methyl sites for hydroxylation is 1. The molecular weight excluding hydrogens is 412 g/mol. The van der Waals surface area contributed by atoms with E-state index in [9.17, 15) is 4.79 Å². The largest absolute Gasteiger partial charge is 0.496 e. The third-order valence-electron chi connectivity index (χ3n) is 5.35. The van der Waals surface area contributed by atoms with Crippen molar-refractivity contribution in [2.24, 2.45) is 0 Å². The number of carbonyl (C=O) groups excluding carboxylic acids is 1. The molecule has 3 rings (SSSR count). The molecule has 0 amide bonds. The zero-order chi connectivity index (χ0) is 22.5. The zero-order valence-corrected chi connectivity index (χ0v) is 19.8. The molecule has 0 aliphatic heterocycles. The van der Waals surface area contributed by atoms with E-state index in [4.69, 9.17) is 9.47 Å². The SMILES string of the molecule is CCn1c(SCC(=O)c2cc(C)n(C(C)COC)c2C)nnc1-c1ccccc1OC. The molecule has 0 saturated heterocycles. The maximum atomic E-state index is 13.0. The molecule has 0 N–H and O–H groups in total. The maximum Gasteiger partial charge on any atom is 0.191 e. The van der Waals surface area contributed by atoms with E-state index in [0.717, 1.165) is 39.2 Å². The third kappa shape index (κ3) is 4.70. The Morgan fingerprint density at radius 2 is 1.94 bits per heavy atom. The van der Waals surface area contributed by atoms with Gasteiger partial charge in [0.15, 0.2) is 16.8 Å². The van der Waals surface area contributed by atoms with Crippen LogP contribution in [0.1, 0.15) is 41.6 Å². The summed E-state index contributed by atoms with van der Waals surface area (Å²) in [5, 5.41) is 9.45. The lowest BCUT2D eigenvalue weighted by Crippen LogP contribution is -2.14. The Morgan fingerprint density at radius 1 is 1.19 bits per heavy atom. The summed E-state index contributed by atoms with van der Waals surface area (Å²) in [6.07, 6.45) is 0. The van der Waals surface area contributed by atoms with Crippen LogP contribution in [0.4, 0.5) is 0 Å². The second-order valence-electron chi connectivity index (χ2n) is 7.42. The van der Waals surface area contributed by atoms with E-state index in [1.165, 1.54) is 11.8 Å². The first kappa shape index (κ1) is 23.1. The monoisotopic (exact) mass is 442 g/mol. The van der Waals surface area contributed by atoms with Crippen molar-refractivity contribution in [3.8, 4) is 17.1 Å². The van der Waals surface area contributed by atoms with Gasteiger partial charge in [-0.15, -0.1) is 10.2 Å². The van der Waals surface area contributed by atoms with E-state index >= 15 is 0 Å². The van der Waals surface area contributed by atoms with Crippen molar-refractivity contribution in [1.29, 1.82) is 0 Å². The molecule has 0 aliphatic rings. The Kier molecular flexibility index (Phi) is 7.56. The Morgan fingerprint density at radius 3 is 2.61 bits per heavy atom. The van der Waals surface area contributed by atoms with E-state index in [1.807, 2.05) is 55.7 Å². The topological polar surface area (TPSA) is 71.2 Å². The van der Waals surface area contributed by atoms with E-state index in [-0.39, 0.29) is 11.8 Å². The maximum absolute atomic E-state index is 13.0. The van der Waals surface area contributed by atoms with E-state index in [2.05, 4.69) is 21.7 Å². The lowest BCUT2D eigenvalue weighted by Gasteiger charge is -2.17. The lowest BCUT2D eigenvalue weighted by molar-refractivity contribution is 0.102. The highest BCUT2D eigenvalue weighted by Crippen LogP contribution is 2.31. The number of rotatable bonds is 10. The van der Waals surface area contributed by atoms with Crippen molar-refractivity contribution in [3.63, 3.8) is 0 Å². The van der Waals surface area contributed by atoms with Crippen LogP contribution in [0.15, 0.2) is 35.5 Å². The van der Waals surface area contributed by atoms with Crippen molar-refractivity contribution < 1.29 is 14.3 Å². The molecule has 0 aliphatic carbocycles. The molecule has 1 unspecified atom stereocenters. The van der Waals surface area contributed by atoms with Gasteiger partial charge >= 0.3 is 0 Å². The van der Waals surface area contributed by atoms with E-state index < -0.39 is 0 Å². The number of carbonyl (C=O) groups is 1. The fourth-order valence-corrected chi connectivity index (χ4v) is 4.86. The minimum atomic E-state index is 0.0819. The minimum absolute atomic E-state index is 0.0819. The van der Waals surface area contributed by atoms with Gasteiger partial charge < -0.3 is 18.6 Å². The normalized spacial score (nSPS) is 12.2. The smallest absolute Gasteiger partial charge is 0.191 e. The molecular formula is C23H30N4O3S. The van der Waals surface area contributed by atoms with Gasteiger partial charge in [0, 0.05) is 30.6 Å². The highest BCUT2D eigenvalue weighted by atomic mass is 32.2. The number of aromatic nitrogens is 4. The summed E-state index contributed by atoms with van der Waals surface area (Å²) in [5.41, 5.74) is 3.67. The Bertz CT molecular complexity index is 1060. The van der Waals surface area contributed by atoms with Gasteiger partial charge in [0.1, 0.15) is 5.75 Å². The predicted molar refractivity (Wildman–Crippen MR) is 123 cm³/mol. The highest BCUT2D eigenvalue weighted by molar-refractivity contribution is 7.99. The van der Waals surface area contributed by atoms with Crippen molar-refractivity contribution in [1.82, 2.24) is 19.3 Å². The van der Waals surface area contributed by atoms with Gasteiger partial charge in [-0.05, 0) is 45.9 Å². The first-order chi connectivity index (χ1) is 14.9. The van der Waals surface area contributed by atoms with Crippen LogP contribution >= 0.6 is 11.8 Å². The molecule has 1 aromatic carbocycles. The standard InChI is InChI=1S/C23H30N4O3S/c1-7-26-22(18-10-8-9-11-21(18)30-6)24-25-23(26)31-14-20(28)19-12-15(2)27(17(19)4)16(3)13-29-5/h8-12,16H,7,13-14H2,1-6H3. The Hall–Kier alpha value is -2.58. The molecule has 3 aromatic rings. The van der Waals surface area contributed by atoms with E-state index in [0.29, 0.717) is 18.9 Å². The predicted octanol–water partition coefficient (Wildman–Crippen LogP) is 4.57. The molecule has 8 heteroatoms. The van der Waals surface area contributed by atoms with Crippen LogP contribution in [0.25, 0.3) is 11.4 Å². The van der Waals surface area contributed by atoms with Gasteiger partial charge in [0.25, 0.3) is 0 Å². The summed E-state index contributed by atoms with van der Waals surface area (Å²) < 4.78 is 14.9. The highest BCUT2D eigenvalue weighted by Gasteiger charge is 2.21. The summed E-state index contributed by atoms with van der Waals surface area (Å²) in [5.74, 6) is 1.86. The Labute approximate surface area is 187 Å². The summed E-state index contributed by atoms with van der Waals surface area (Å²) in [7, 11) is 3.33. The first-order valence-electron chi connectivity index (χ1n) is 10.3. The fraction of sp³-hybridized carbons (Fsp3) is 0.435. The number of ketones is 1. The van der Waals surface area contributed by atoms with Crippen LogP contribution in [0, 0.1) is 13.8 Å². The molecule has 0 radical (unpaired) electrons. The van der Waals surface area contributed by atoms with Crippen molar-refractivity contribution >= 4 is 17.5 Å². The van der Waals surface area contributed by atoms with Crippen molar-refractivity contribution in [2.45, 2.75) is 45.4 Å². The van der Waals surface area contributed by atoms with Crippen LogP contribution in [0.3, 0.4) is 0 Å². The molecule has 1 atom stereocenters. The minimum Gasteiger partial charge on any atom is -0.496 e. The summed E-state index contributed by atoms with van der Waals surface area (Å²) in [4.78, 5) is 13.0. The van der Waals surface area contributed by atoms with Gasteiger partial charge in [0.2, 0.25) is 0 Å². The number of methoxy groups -OCH3 is 2. The molecule has 31 heavy (non-hydrogen) atoms. The van der Waals surface area contributed by atoms with Gasteiger partial charge in [-0.3, -0.25) is 4.79 Å². The fourth-order valence-electron chi connectivity index (χ4n) is 3.97. The number of para-hydroxylation sites is 1. The second kappa shape index (κ2) is 10.2. The number of hydrogen-bond acceptors (Lipinski definition) is 6. The number of hydrogen-bond donors (Lipinski definition) is 0. The second-order valence-corrected chi connectivity index (χ2v) is 8.36. The summed E-state index contributed by atoms with van der Waals surface area (Å²) >= 11 is 1.41. The molecule has 0 spiro atoms. The number of Topliss-reactive ketones (excluding diaryl/α,β-unsaturated/α-hetero) is 1. The number of thioether (sulfide) groups is 1. The van der Waals surface area contributed by atoms with Crippen LogP contribution in [0.2, 0.25) is 0 Å². The van der Waals surface area contributed by atoms with Gasteiger partial charge in [0.05, 0.1) is 31.1 Å². The third-order valence-corrected chi connectivity index (χ3v) is 6.31. The first-order valence-corrected chi connectivity index (χ1v) is 11.3. The van der Waals surface area contributed by atoms with Crippen LogP contribution in [0.5, 0.6) is 5.75 Å². The van der Waals surface area contributed by atoms with Crippen LogP contribution in [-0.2, 0) is 11.3 Å². The lowest BCUT2D eigenvalue weighted by atomic mass is 10.2. The number of nitrogens with zero attached hydrogens (tertiary/aromatic N) is 4. The average molecular weight is 443 g/mol. The van der Waals surface area contributed by atoms with Crippen molar-refractivity contribution in [3.05, 3.63) is 47.3 Å². The van der Waals surface area contributed by atoms with Gasteiger partial charge in [-0.25, -0.2) is 0 Å². The van der Waals surface area contributed by atoms with Gasteiger partial charge in [-0.2, -0.15) is 0 Å². The molecule has 7 nitrogen and oxygen atoms in total. The summed E-state index contributed by atoms with van der Waals surface area (Å²) in [6, 6.07) is 9.88. The van der Waals surface area contributed by atoms with Crippen LogP contribution < -0.4 is 4.74 Å². The summed E-state index contributed by atoms with van der Waals surface area (Å²) in [6.45, 7) is 9.44. The Balaban J connectivity index is 1.80. The number of ether oxygens (including phenoxy) is 2. The van der Waals surface area contributed by atoms with Crippen molar-refractivity contribution in [2.75, 3.05) is 26.6 Å². The molecule has 2 aromatic heterocycles. The molecule has 0 fully saturated rings. The zero-order valence-electron chi connectivity index (χ0n) is 19.0.